The van der Waals surface area contributed by atoms with Crippen molar-refractivity contribution in [1.82, 2.24) is 10.6 Å². The highest BCUT2D eigenvalue weighted by atomic mass is 35.5. The molecule has 130 valence electrons. The molecule has 1 aliphatic heterocycles. The van der Waals surface area contributed by atoms with Crippen molar-refractivity contribution in [3.63, 3.8) is 0 Å². The molecule has 1 aromatic rings. The maximum absolute atomic E-state index is 12.1. The van der Waals surface area contributed by atoms with Crippen LogP contribution in [0.1, 0.15) is 57.1 Å². The summed E-state index contributed by atoms with van der Waals surface area (Å²) >= 11 is 0. The number of benzene rings is 1. The number of piperidine rings is 1. The van der Waals surface area contributed by atoms with Gasteiger partial charge in [0.05, 0.1) is 0 Å². The Labute approximate surface area is 147 Å². The van der Waals surface area contributed by atoms with E-state index in [1.165, 1.54) is 24.0 Å². The maximum atomic E-state index is 12.1. The number of halogens is 1. The van der Waals surface area contributed by atoms with Crippen molar-refractivity contribution in [2.24, 2.45) is 11.8 Å². The predicted molar refractivity (Wildman–Crippen MR) is 99.0 cm³/mol. The van der Waals surface area contributed by atoms with Crippen molar-refractivity contribution in [2.45, 2.75) is 52.5 Å². The molecule has 3 nitrogen and oxygen atoms in total. The van der Waals surface area contributed by atoms with Crippen LogP contribution < -0.4 is 10.6 Å². The quantitative estimate of drug-likeness (QED) is 0.826. The van der Waals surface area contributed by atoms with Crippen LogP contribution in [0.2, 0.25) is 0 Å². The molecular weight excluding hydrogens is 308 g/mol. The molecule has 2 unspecified atom stereocenters. The minimum atomic E-state index is 0. The second-order valence-corrected chi connectivity index (χ2v) is 6.96. The third-order valence-corrected chi connectivity index (χ3v) is 4.78. The van der Waals surface area contributed by atoms with Gasteiger partial charge in [-0.05, 0) is 54.8 Å². The number of carbonyl (C=O) groups excluding carboxylic acids is 1. The lowest BCUT2D eigenvalue weighted by Gasteiger charge is -2.28. The fraction of sp³-hybridized carbons (Fsp3) is 0.632. The van der Waals surface area contributed by atoms with E-state index in [2.05, 4.69) is 55.7 Å². The van der Waals surface area contributed by atoms with Crippen LogP contribution in [0.3, 0.4) is 0 Å². The first-order valence-corrected chi connectivity index (χ1v) is 8.62. The van der Waals surface area contributed by atoms with Gasteiger partial charge in [-0.3, -0.25) is 4.79 Å². The molecule has 2 atom stereocenters. The summed E-state index contributed by atoms with van der Waals surface area (Å²) in [6, 6.07) is 8.54. The van der Waals surface area contributed by atoms with E-state index in [1.807, 2.05) is 0 Å². The van der Waals surface area contributed by atoms with Crippen LogP contribution in [0.25, 0.3) is 0 Å². The Morgan fingerprint density at radius 1 is 1.26 bits per heavy atom. The van der Waals surface area contributed by atoms with Crippen molar-refractivity contribution >= 4 is 18.3 Å². The minimum absolute atomic E-state index is 0. The molecule has 1 aliphatic rings. The van der Waals surface area contributed by atoms with Crippen molar-refractivity contribution in [3.8, 4) is 0 Å². The smallest absolute Gasteiger partial charge is 0.220 e. The van der Waals surface area contributed by atoms with Gasteiger partial charge in [0.25, 0.3) is 0 Å². The molecule has 2 N–H and O–H groups in total. The number of hydrogen-bond acceptors (Lipinski definition) is 2. The van der Waals surface area contributed by atoms with Gasteiger partial charge < -0.3 is 10.6 Å². The lowest BCUT2D eigenvalue weighted by atomic mass is 9.85. The summed E-state index contributed by atoms with van der Waals surface area (Å²) in [5, 5.41) is 6.49. The molecule has 0 radical (unpaired) electrons. The van der Waals surface area contributed by atoms with E-state index < -0.39 is 0 Å². The monoisotopic (exact) mass is 338 g/mol. The third kappa shape index (κ3) is 6.52. The summed E-state index contributed by atoms with van der Waals surface area (Å²) in [7, 11) is 0. The number of hydrogen-bond donors (Lipinski definition) is 2. The average molecular weight is 339 g/mol. The Balaban J connectivity index is 0.00000264. The summed E-state index contributed by atoms with van der Waals surface area (Å²) < 4.78 is 0. The zero-order valence-corrected chi connectivity index (χ0v) is 15.4. The molecule has 0 saturated carbocycles. The molecule has 2 rings (SSSR count). The van der Waals surface area contributed by atoms with Gasteiger partial charge in [-0.1, -0.05) is 45.0 Å². The molecule has 1 heterocycles. The number of nitrogens with one attached hydrogen (secondary N) is 2. The van der Waals surface area contributed by atoms with E-state index in [-0.39, 0.29) is 18.3 Å². The van der Waals surface area contributed by atoms with E-state index in [1.54, 1.807) is 0 Å². The van der Waals surface area contributed by atoms with E-state index in [9.17, 15) is 4.79 Å². The fourth-order valence-corrected chi connectivity index (χ4v) is 3.12. The van der Waals surface area contributed by atoms with Gasteiger partial charge in [-0.2, -0.15) is 0 Å². The van der Waals surface area contributed by atoms with Crippen LogP contribution in [0.15, 0.2) is 24.3 Å². The molecule has 0 aromatic heterocycles. The summed E-state index contributed by atoms with van der Waals surface area (Å²) in [4.78, 5) is 12.1. The van der Waals surface area contributed by atoms with Crippen LogP contribution in [-0.4, -0.2) is 19.0 Å². The SMILES string of the molecule is CC(C)c1ccc(CNC(=O)CC(C)C2CCCNC2)cc1.Cl. The second kappa shape index (κ2) is 9.94. The summed E-state index contributed by atoms with van der Waals surface area (Å²) in [6.45, 7) is 9.41. The molecule has 1 fully saturated rings. The largest absolute Gasteiger partial charge is 0.352 e. The molecule has 0 spiro atoms. The Bertz CT molecular complexity index is 467. The van der Waals surface area contributed by atoms with Crippen LogP contribution in [-0.2, 0) is 11.3 Å². The summed E-state index contributed by atoms with van der Waals surface area (Å²) in [5.41, 5.74) is 2.51. The highest BCUT2D eigenvalue weighted by Gasteiger charge is 2.21. The van der Waals surface area contributed by atoms with Crippen LogP contribution in [0.4, 0.5) is 0 Å². The Morgan fingerprint density at radius 3 is 2.52 bits per heavy atom. The van der Waals surface area contributed by atoms with Crippen molar-refractivity contribution < 1.29 is 4.79 Å². The Kier molecular flexibility index (Phi) is 8.64. The Hall–Kier alpha value is -1.06. The Morgan fingerprint density at radius 2 is 1.96 bits per heavy atom. The van der Waals surface area contributed by atoms with E-state index in [0.717, 1.165) is 13.1 Å². The lowest BCUT2D eigenvalue weighted by molar-refractivity contribution is -0.122. The maximum Gasteiger partial charge on any atom is 0.220 e. The van der Waals surface area contributed by atoms with Gasteiger partial charge in [-0.15, -0.1) is 12.4 Å². The van der Waals surface area contributed by atoms with Gasteiger partial charge in [-0.25, -0.2) is 0 Å². The normalized spacial score (nSPS) is 19.0. The first-order chi connectivity index (χ1) is 10.6. The first-order valence-electron chi connectivity index (χ1n) is 8.62. The second-order valence-electron chi connectivity index (χ2n) is 6.96. The predicted octanol–water partition coefficient (Wildman–Crippen LogP) is 3.87. The van der Waals surface area contributed by atoms with Crippen molar-refractivity contribution in [3.05, 3.63) is 35.4 Å². The molecule has 1 amide bonds. The molecule has 1 aromatic carbocycles. The van der Waals surface area contributed by atoms with Gasteiger partial charge in [0.1, 0.15) is 0 Å². The lowest BCUT2D eigenvalue weighted by Crippen LogP contribution is -2.35. The fourth-order valence-electron chi connectivity index (χ4n) is 3.12. The number of amides is 1. The average Bonchev–Trinajstić information content (AvgIpc) is 2.54. The van der Waals surface area contributed by atoms with Crippen molar-refractivity contribution in [1.29, 1.82) is 0 Å². The molecule has 23 heavy (non-hydrogen) atoms. The highest BCUT2D eigenvalue weighted by molar-refractivity contribution is 5.85. The topological polar surface area (TPSA) is 41.1 Å². The number of carbonyl (C=O) groups is 1. The van der Waals surface area contributed by atoms with E-state index in [4.69, 9.17) is 0 Å². The van der Waals surface area contributed by atoms with Gasteiger partial charge >= 0.3 is 0 Å². The van der Waals surface area contributed by atoms with E-state index >= 15 is 0 Å². The third-order valence-electron chi connectivity index (χ3n) is 4.78. The first kappa shape index (κ1) is 20.0. The zero-order valence-electron chi connectivity index (χ0n) is 14.6. The molecule has 1 saturated heterocycles. The van der Waals surface area contributed by atoms with Crippen LogP contribution >= 0.6 is 12.4 Å². The standard InChI is InChI=1S/C19H30N2O.ClH/c1-14(2)17-8-6-16(7-9-17)12-21-19(22)11-15(3)18-5-4-10-20-13-18;/h6-9,14-15,18,20H,4-5,10-13H2,1-3H3,(H,21,22);1H. The molecule has 4 heteroatoms. The molecule has 0 bridgehead atoms. The van der Waals surface area contributed by atoms with Gasteiger partial charge in [0.2, 0.25) is 5.91 Å². The zero-order chi connectivity index (χ0) is 15.9. The number of rotatable bonds is 6. The highest BCUT2D eigenvalue weighted by Crippen LogP contribution is 2.22. The van der Waals surface area contributed by atoms with E-state index in [0.29, 0.717) is 30.7 Å². The molecular formula is C19H31ClN2O. The van der Waals surface area contributed by atoms with Crippen LogP contribution in [0, 0.1) is 11.8 Å². The van der Waals surface area contributed by atoms with Crippen molar-refractivity contribution in [2.75, 3.05) is 13.1 Å². The van der Waals surface area contributed by atoms with Gasteiger partial charge in [0, 0.05) is 13.0 Å². The van der Waals surface area contributed by atoms with Gasteiger partial charge in [0.15, 0.2) is 0 Å². The minimum Gasteiger partial charge on any atom is -0.352 e. The summed E-state index contributed by atoms with van der Waals surface area (Å²) in [5.74, 6) is 1.82. The molecule has 0 aliphatic carbocycles. The van der Waals surface area contributed by atoms with Crippen LogP contribution in [0.5, 0.6) is 0 Å². The summed E-state index contributed by atoms with van der Waals surface area (Å²) in [6.07, 6.45) is 3.12.